The molecule has 3 heteroatoms. The van der Waals surface area contributed by atoms with E-state index in [1.807, 2.05) is 0 Å². The molecule has 1 saturated carbocycles. The second-order valence-corrected chi connectivity index (χ2v) is 5.46. The van der Waals surface area contributed by atoms with Gasteiger partial charge >= 0.3 is 0 Å². The molecule has 0 spiro atoms. The lowest BCUT2D eigenvalue weighted by molar-refractivity contribution is -0.128. The lowest BCUT2D eigenvalue weighted by Gasteiger charge is -2.28. The van der Waals surface area contributed by atoms with Crippen molar-refractivity contribution < 1.29 is 4.79 Å². The van der Waals surface area contributed by atoms with Gasteiger partial charge in [-0.05, 0) is 31.1 Å². The van der Waals surface area contributed by atoms with Crippen LogP contribution in [0.15, 0.2) is 0 Å². The van der Waals surface area contributed by atoms with Crippen molar-refractivity contribution in [2.45, 2.75) is 58.5 Å². The van der Waals surface area contributed by atoms with Gasteiger partial charge in [-0.15, -0.1) is 0 Å². The van der Waals surface area contributed by atoms with Gasteiger partial charge in [-0.3, -0.25) is 10.1 Å². The van der Waals surface area contributed by atoms with E-state index < -0.39 is 0 Å². The maximum absolute atomic E-state index is 11.8. The minimum atomic E-state index is 0.306. The summed E-state index contributed by atoms with van der Waals surface area (Å²) in [5, 5.41) is 3.33. The van der Waals surface area contributed by atoms with Crippen LogP contribution in [0.25, 0.3) is 0 Å². The van der Waals surface area contributed by atoms with Gasteiger partial charge in [0, 0.05) is 6.54 Å². The summed E-state index contributed by atoms with van der Waals surface area (Å²) >= 11 is 0. The Bertz CT molecular complexity index is 261. The molecule has 0 aromatic heterocycles. The van der Waals surface area contributed by atoms with Gasteiger partial charge in [-0.1, -0.05) is 26.7 Å². The maximum atomic E-state index is 11.8. The van der Waals surface area contributed by atoms with E-state index in [0.29, 0.717) is 24.0 Å². The number of carbonyl (C=O) groups is 1. The number of nitrogens with zero attached hydrogens (tertiary/aromatic N) is 1. The van der Waals surface area contributed by atoms with Crippen LogP contribution < -0.4 is 5.32 Å². The van der Waals surface area contributed by atoms with E-state index in [1.165, 1.54) is 25.7 Å². The fourth-order valence-electron chi connectivity index (χ4n) is 2.88. The van der Waals surface area contributed by atoms with Crippen LogP contribution >= 0.6 is 0 Å². The number of nitrogens with one attached hydrogen (secondary N) is 1. The molecule has 1 heterocycles. The van der Waals surface area contributed by atoms with Crippen LogP contribution in [0.1, 0.15) is 52.4 Å². The first-order valence-corrected chi connectivity index (χ1v) is 6.73. The van der Waals surface area contributed by atoms with Gasteiger partial charge in [0.05, 0.1) is 12.7 Å². The fraction of sp³-hybridized carbons (Fsp3) is 0.923. The van der Waals surface area contributed by atoms with Crippen LogP contribution in [-0.2, 0) is 4.79 Å². The third kappa shape index (κ3) is 2.40. The Morgan fingerprint density at radius 1 is 1.38 bits per heavy atom. The van der Waals surface area contributed by atoms with Gasteiger partial charge in [-0.2, -0.15) is 0 Å². The monoisotopic (exact) mass is 224 g/mol. The lowest BCUT2D eigenvalue weighted by Crippen LogP contribution is -2.41. The second-order valence-electron chi connectivity index (χ2n) is 5.46. The Morgan fingerprint density at radius 2 is 2.12 bits per heavy atom. The molecule has 1 saturated heterocycles. The first-order chi connectivity index (χ1) is 7.71. The smallest absolute Gasteiger partial charge is 0.237 e. The quantitative estimate of drug-likeness (QED) is 0.749. The number of hydrogen-bond donors (Lipinski definition) is 1. The van der Waals surface area contributed by atoms with Gasteiger partial charge in [-0.25, -0.2) is 0 Å². The maximum Gasteiger partial charge on any atom is 0.237 e. The molecular weight excluding hydrogens is 200 g/mol. The summed E-state index contributed by atoms with van der Waals surface area (Å²) in [7, 11) is 0. The van der Waals surface area contributed by atoms with Crippen molar-refractivity contribution in [1.82, 2.24) is 10.2 Å². The molecule has 0 aromatic rings. The van der Waals surface area contributed by atoms with Crippen molar-refractivity contribution >= 4 is 5.91 Å². The van der Waals surface area contributed by atoms with Gasteiger partial charge in [0.25, 0.3) is 0 Å². The first-order valence-electron chi connectivity index (χ1n) is 6.73. The van der Waals surface area contributed by atoms with Gasteiger partial charge in [0.1, 0.15) is 0 Å². The zero-order valence-corrected chi connectivity index (χ0v) is 10.6. The Balaban J connectivity index is 1.93. The zero-order chi connectivity index (χ0) is 11.6. The Kier molecular flexibility index (Phi) is 3.53. The van der Waals surface area contributed by atoms with E-state index in [2.05, 4.69) is 24.1 Å². The van der Waals surface area contributed by atoms with Gasteiger partial charge in [0.15, 0.2) is 0 Å². The highest BCUT2D eigenvalue weighted by Crippen LogP contribution is 2.50. The molecule has 0 aromatic carbocycles. The minimum Gasteiger partial charge on any atom is -0.325 e. The molecule has 2 fully saturated rings. The van der Waals surface area contributed by atoms with Crippen LogP contribution in [0, 0.1) is 5.41 Å². The minimum absolute atomic E-state index is 0.306. The molecule has 1 aliphatic carbocycles. The molecule has 1 atom stereocenters. The van der Waals surface area contributed by atoms with Crippen LogP contribution in [0.2, 0.25) is 0 Å². The second kappa shape index (κ2) is 4.74. The molecule has 1 unspecified atom stereocenters. The lowest BCUT2D eigenvalue weighted by atomic mass is 9.99. The summed E-state index contributed by atoms with van der Waals surface area (Å²) in [5.74, 6) is 0.306. The molecule has 2 aliphatic rings. The molecule has 0 bridgehead atoms. The van der Waals surface area contributed by atoms with Crippen molar-refractivity contribution in [3.8, 4) is 0 Å². The Hall–Kier alpha value is -0.570. The molecule has 1 amide bonds. The predicted molar refractivity (Wildman–Crippen MR) is 65.0 cm³/mol. The highest BCUT2D eigenvalue weighted by atomic mass is 16.2. The summed E-state index contributed by atoms with van der Waals surface area (Å²) in [4.78, 5) is 13.9. The van der Waals surface area contributed by atoms with Crippen molar-refractivity contribution in [2.24, 2.45) is 5.41 Å². The molecule has 92 valence electrons. The molecule has 0 radical (unpaired) electrons. The van der Waals surface area contributed by atoms with Crippen LogP contribution in [0.3, 0.4) is 0 Å². The third-order valence-electron chi connectivity index (χ3n) is 3.99. The predicted octanol–water partition coefficient (Wildman–Crippen LogP) is 2.12. The standard InChI is InChI=1S/C13H24N2O/c1-3-5-11-14-9-12(16)15(11)10-13(6-4-2)7-8-13/h11,14H,3-10H2,1-2H3. The molecule has 3 nitrogen and oxygen atoms in total. The van der Waals surface area contributed by atoms with Gasteiger partial charge in [0.2, 0.25) is 5.91 Å². The topological polar surface area (TPSA) is 32.3 Å². The highest BCUT2D eigenvalue weighted by Gasteiger charge is 2.45. The highest BCUT2D eigenvalue weighted by molar-refractivity contribution is 5.80. The summed E-state index contributed by atoms with van der Waals surface area (Å²) in [6.07, 6.45) is 7.72. The normalized spacial score (nSPS) is 27.5. The summed E-state index contributed by atoms with van der Waals surface area (Å²) in [6, 6.07) is 0. The van der Waals surface area contributed by atoms with Crippen LogP contribution in [-0.4, -0.2) is 30.1 Å². The summed E-state index contributed by atoms with van der Waals surface area (Å²) in [6.45, 7) is 5.97. The average molecular weight is 224 g/mol. The van der Waals surface area contributed by atoms with Crippen LogP contribution in [0.5, 0.6) is 0 Å². The van der Waals surface area contributed by atoms with Crippen molar-refractivity contribution in [3.05, 3.63) is 0 Å². The number of rotatable bonds is 6. The van der Waals surface area contributed by atoms with E-state index in [4.69, 9.17) is 0 Å². The molecule has 16 heavy (non-hydrogen) atoms. The van der Waals surface area contributed by atoms with E-state index in [1.54, 1.807) is 0 Å². The number of carbonyl (C=O) groups excluding carboxylic acids is 1. The largest absolute Gasteiger partial charge is 0.325 e. The van der Waals surface area contributed by atoms with Crippen molar-refractivity contribution in [2.75, 3.05) is 13.1 Å². The number of hydrogen-bond acceptors (Lipinski definition) is 2. The fourth-order valence-corrected chi connectivity index (χ4v) is 2.88. The van der Waals surface area contributed by atoms with E-state index in [-0.39, 0.29) is 0 Å². The van der Waals surface area contributed by atoms with Crippen molar-refractivity contribution in [3.63, 3.8) is 0 Å². The van der Waals surface area contributed by atoms with E-state index >= 15 is 0 Å². The molecular formula is C13H24N2O. The summed E-state index contributed by atoms with van der Waals surface area (Å²) < 4.78 is 0. The van der Waals surface area contributed by atoms with Crippen molar-refractivity contribution in [1.29, 1.82) is 0 Å². The summed E-state index contributed by atoms with van der Waals surface area (Å²) in [5.41, 5.74) is 0.489. The zero-order valence-electron chi connectivity index (χ0n) is 10.6. The molecule has 1 N–H and O–H groups in total. The Labute approximate surface area is 98.6 Å². The van der Waals surface area contributed by atoms with E-state index in [0.717, 1.165) is 19.4 Å². The van der Waals surface area contributed by atoms with E-state index in [9.17, 15) is 4.79 Å². The van der Waals surface area contributed by atoms with Crippen LogP contribution in [0.4, 0.5) is 0 Å². The molecule has 2 rings (SSSR count). The average Bonchev–Trinajstić information content (AvgIpc) is 2.94. The first kappa shape index (κ1) is 11.9. The van der Waals surface area contributed by atoms with Gasteiger partial charge < -0.3 is 4.90 Å². The third-order valence-corrected chi connectivity index (χ3v) is 3.99. The SMILES string of the molecule is CCCC1NCC(=O)N1CC1(CCC)CC1. The number of amides is 1. The molecule has 1 aliphatic heterocycles. The Morgan fingerprint density at radius 3 is 2.69 bits per heavy atom.